The first-order chi connectivity index (χ1) is 14.9. The molecule has 6 nitrogen and oxygen atoms in total. The van der Waals surface area contributed by atoms with Gasteiger partial charge in [-0.25, -0.2) is 0 Å². The maximum absolute atomic E-state index is 11.5. The summed E-state index contributed by atoms with van der Waals surface area (Å²) in [6.07, 6.45) is 6.37. The number of unbranched alkanes of at least 4 members (excludes halogenated alkanes) is 1. The summed E-state index contributed by atoms with van der Waals surface area (Å²) in [5, 5.41) is 31.0. The van der Waals surface area contributed by atoms with Crippen molar-refractivity contribution in [1.29, 1.82) is 0 Å². The second-order valence-corrected chi connectivity index (χ2v) is 8.69. The van der Waals surface area contributed by atoms with Gasteiger partial charge in [0.25, 0.3) is 0 Å². The third-order valence-electron chi connectivity index (χ3n) is 5.73. The average Bonchev–Trinajstić information content (AvgIpc) is 3.00. The molecule has 0 aliphatic heterocycles. The number of aliphatic hydroxyl groups is 3. The van der Waals surface area contributed by atoms with Crippen LogP contribution in [0.25, 0.3) is 0 Å². The topological polar surface area (TPSA) is 96.2 Å². The van der Waals surface area contributed by atoms with Crippen molar-refractivity contribution in [2.24, 2.45) is 11.8 Å². The summed E-state index contributed by atoms with van der Waals surface area (Å²) in [5.74, 6) is 0.470. The molecule has 1 aliphatic carbocycles. The lowest BCUT2D eigenvalue weighted by Crippen LogP contribution is -2.25. The quantitative estimate of drug-likeness (QED) is 0.249. The molecule has 1 fully saturated rings. The van der Waals surface area contributed by atoms with Gasteiger partial charge in [0, 0.05) is 6.42 Å². The van der Waals surface area contributed by atoms with E-state index in [2.05, 4.69) is 0 Å². The van der Waals surface area contributed by atoms with Crippen molar-refractivity contribution >= 4 is 5.97 Å². The SMILES string of the molecule is CC(C)OC(=O)CCC/C=C\C[C@@H]1[C@@H](CC[C@@H](O)COc2ccccc2)[C@H](O)C[C@@H]1O. The number of hydrogen-bond donors (Lipinski definition) is 3. The van der Waals surface area contributed by atoms with Gasteiger partial charge in [-0.05, 0) is 76.3 Å². The van der Waals surface area contributed by atoms with Gasteiger partial charge in [-0.3, -0.25) is 4.79 Å². The van der Waals surface area contributed by atoms with Crippen LogP contribution in [0.1, 0.15) is 58.8 Å². The number of carbonyl (C=O) groups excluding carboxylic acids is 1. The summed E-state index contributed by atoms with van der Waals surface area (Å²) in [4.78, 5) is 11.5. The Morgan fingerprint density at radius 2 is 1.84 bits per heavy atom. The number of benzene rings is 1. The standard InChI is InChI=1S/C25H38O6/c1-18(2)31-25(29)13-9-4-3-8-12-21-22(24(28)16-23(21)27)15-14-19(26)17-30-20-10-6-5-7-11-20/h3,5-8,10-11,18-19,21-24,26-28H,4,9,12-17H2,1-2H3/b8-3-/t19-,21-,22-,23+,24-/m1/s1. The van der Waals surface area contributed by atoms with E-state index in [0.717, 1.165) is 18.6 Å². The fraction of sp³-hybridized carbons (Fsp3) is 0.640. The summed E-state index contributed by atoms with van der Waals surface area (Å²) < 4.78 is 10.7. The van der Waals surface area contributed by atoms with Gasteiger partial charge in [-0.1, -0.05) is 30.4 Å². The van der Waals surface area contributed by atoms with Gasteiger partial charge in [-0.2, -0.15) is 0 Å². The van der Waals surface area contributed by atoms with Crippen LogP contribution < -0.4 is 4.74 Å². The molecule has 5 atom stereocenters. The number of hydrogen-bond acceptors (Lipinski definition) is 6. The highest BCUT2D eigenvalue weighted by atomic mass is 16.5. The number of allylic oxidation sites excluding steroid dienone is 2. The van der Waals surface area contributed by atoms with Gasteiger partial charge in [0.05, 0.1) is 24.4 Å². The van der Waals surface area contributed by atoms with Crippen molar-refractivity contribution in [2.45, 2.75) is 83.2 Å². The first-order valence-corrected chi connectivity index (χ1v) is 11.4. The fourth-order valence-corrected chi connectivity index (χ4v) is 4.14. The van der Waals surface area contributed by atoms with Gasteiger partial charge >= 0.3 is 5.97 Å². The molecule has 174 valence electrons. The van der Waals surface area contributed by atoms with Crippen LogP contribution in [-0.2, 0) is 9.53 Å². The van der Waals surface area contributed by atoms with Gasteiger partial charge in [0.1, 0.15) is 12.4 Å². The molecule has 0 heterocycles. The fourth-order valence-electron chi connectivity index (χ4n) is 4.14. The van der Waals surface area contributed by atoms with Gasteiger partial charge in [0.15, 0.2) is 0 Å². The molecule has 2 rings (SSSR count). The molecule has 1 saturated carbocycles. The lowest BCUT2D eigenvalue weighted by atomic mass is 9.86. The minimum Gasteiger partial charge on any atom is -0.491 e. The minimum absolute atomic E-state index is 0.0283. The van der Waals surface area contributed by atoms with E-state index in [9.17, 15) is 20.1 Å². The van der Waals surface area contributed by atoms with Crippen molar-refractivity contribution in [3.63, 3.8) is 0 Å². The molecule has 0 aromatic heterocycles. The summed E-state index contributed by atoms with van der Waals surface area (Å²) in [5.41, 5.74) is 0. The second kappa shape index (κ2) is 13.5. The Morgan fingerprint density at radius 1 is 1.13 bits per heavy atom. The smallest absolute Gasteiger partial charge is 0.306 e. The molecule has 0 amide bonds. The molecule has 6 heteroatoms. The number of aliphatic hydroxyl groups excluding tert-OH is 3. The van der Waals surface area contributed by atoms with Crippen LogP contribution in [0.15, 0.2) is 42.5 Å². The van der Waals surface area contributed by atoms with Crippen molar-refractivity contribution in [3.05, 3.63) is 42.5 Å². The molecule has 0 unspecified atom stereocenters. The second-order valence-electron chi connectivity index (χ2n) is 8.69. The van der Waals surface area contributed by atoms with Gasteiger partial charge < -0.3 is 24.8 Å². The third-order valence-corrected chi connectivity index (χ3v) is 5.73. The van der Waals surface area contributed by atoms with Crippen molar-refractivity contribution < 1.29 is 29.6 Å². The predicted octanol–water partition coefficient (Wildman–Crippen LogP) is 3.63. The third kappa shape index (κ3) is 9.42. The zero-order chi connectivity index (χ0) is 22.6. The Kier molecular flexibility index (Phi) is 11.1. The molecule has 0 bridgehead atoms. The number of carbonyl (C=O) groups is 1. The Bertz CT molecular complexity index is 659. The number of rotatable bonds is 13. The maximum Gasteiger partial charge on any atom is 0.306 e. The van der Waals surface area contributed by atoms with Crippen molar-refractivity contribution in [2.75, 3.05) is 6.61 Å². The van der Waals surface area contributed by atoms with E-state index in [1.165, 1.54) is 0 Å². The van der Waals surface area contributed by atoms with Gasteiger partial charge in [0.2, 0.25) is 0 Å². The van der Waals surface area contributed by atoms with Crippen molar-refractivity contribution in [3.8, 4) is 5.75 Å². The molecular formula is C25H38O6. The molecule has 1 aromatic carbocycles. The first kappa shape index (κ1) is 25.4. The number of esters is 1. The maximum atomic E-state index is 11.5. The van der Waals surface area contributed by atoms with Crippen LogP contribution in [-0.4, -0.2) is 52.3 Å². The average molecular weight is 435 g/mol. The number of para-hydroxylation sites is 1. The predicted molar refractivity (Wildman–Crippen MR) is 120 cm³/mol. The van der Waals surface area contributed by atoms with Crippen LogP contribution in [0, 0.1) is 11.8 Å². The van der Waals surface area contributed by atoms with Crippen LogP contribution in [0.2, 0.25) is 0 Å². The lowest BCUT2D eigenvalue weighted by molar-refractivity contribution is -0.147. The molecule has 0 radical (unpaired) electrons. The zero-order valence-electron chi connectivity index (χ0n) is 18.7. The van der Waals surface area contributed by atoms with E-state index < -0.39 is 18.3 Å². The van der Waals surface area contributed by atoms with Crippen LogP contribution in [0.5, 0.6) is 5.75 Å². The van der Waals surface area contributed by atoms with Gasteiger partial charge in [-0.15, -0.1) is 0 Å². The number of ether oxygens (including phenoxy) is 2. The van der Waals surface area contributed by atoms with Crippen LogP contribution in [0.4, 0.5) is 0 Å². The van der Waals surface area contributed by atoms with Crippen LogP contribution in [0.3, 0.4) is 0 Å². The molecule has 31 heavy (non-hydrogen) atoms. The lowest BCUT2D eigenvalue weighted by Gasteiger charge is -2.23. The van der Waals surface area contributed by atoms with E-state index in [1.807, 2.05) is 56.3 Å². The summed E-state index contributed by atoms with van der Waals surface area (Å²) in [6.45, 7) is 3.88. The molecule has 1 aromatic rings. The zero-order valence-corrected chi connectivity index (χ0v) is 18.7. The van der Waals surface area contributed by atoms with E-state index in [-0.39, 0.29) is 30.5 Å². The molecular weight excluding hydrogens is 396 g/mol. The molecule has 0 spiro atoms. The van der Waals surface area contributed by atoms with Crippen LogP contribution >= 0.6 is 0 Å². The molecule has 1 aliphatic rings. The van der Waals surface area contributed by atoms with E-state index in [1.54, 1.807) is 0 Å². The first-order valence-electron chi connectivity index (χ1n) is 11.4. The minimum atomic E-state index is -0.619. The summed E-state index contributed by atoms with van der Waals surface area (Å²) >= 11 is 0. The van der Waals surface area contributed by atoms with E-state index in [0.29, 0.717) is 32.1 Å². The van der Waals surface area contributed by atoms with Crippen molar-refractivity contribution in [1.82, 2.24) is 0 Å². The van der Waals surface area contributed by atoms with E-state index in [4.69, 9.17) is 9.47 Å². The highest BCUT2D eigenvalue weighted by Gasteiger charge is 2.40. The Balaban J connectivity index is 1.70. The Labute approximate surface area is 185 Å². The molecule has 0 saturated heterocycles. The summed E-state index contributed by atoms with van der Waals surface area (Å²) in [7, 11) is 0. The highest BCUT2D eigenvalue weighted by molar-refractivity contribution is 5.69. The monoisotopic (exact) mass is 434 g/mol. The normalized spacial score (nSPS) is 24.6. The Morgan fingerprint density at radius 3 is 2.55 bits per heavy atom. The summed E-state index contributed by atoms with van der Waals surface area (Å²) in [6, 6.07) is 9.37. The van der Waals surface area contributed by atoms with E-state index >= 15 is 0 Å². The largest absolute Gasteiger partial charge is 0.491 e. The highest BCUT2D eigenvalue weighted by Crippen LogP contribution is 2.38. The Hall–Kier alpha value is -1.89. The molecule has 3 N–H and O–H groups in total.